The van der Waals surface area contributed by atoms with Crippen LogP contribution in [0.1, 0.15) is 47.6 Å². The highest BCUT2D eigenvalue weighted by Gasteiger charge is 2.38. The van der Waals surface area contributed by atoms with Gasteiger partial charge in [-0.2, -0.15) is 13.2 Å². The van der Waals surface area contributed by atoms with E-state index in [9.17, 15) is 13.2 Å². The predicted molar refractivity (Wildman–Crippen MR) is 90.3 cm³/mol. The van der Waals surface area contributed by atoms with E-state index in [-0.39, 0.29) is 12.4 Å². The third-order valence-corrected chi connectivity index (χ3v) is 5.06. The average molecular weight is 382 g/mol. The van der Waals surface area contributed by atoms with Crippen LogP contribution in [0.3, 0.4) is 0 Å². The van der Waals surface area contributed by atoms with Gasteiger partial charge in [-0.15, -0.1) is 10.2 Å². The Bertz CT molecular complexity index is 825. The van der Waals surface area contributed by atoms with Gasteiger partial charge in [0.05, 0.1) is 6.54 Å². The largest absolute Gasteiger partial charge is 0.470 e. The number of aryl methyl sites for hydroxylation is 1. The Kier molecular flexibility index (Phi) is 4.53. The molecule has 2 aromatic heterocycles. The van der Waals surface area contributed by atoms with Crippen molar-refractivity contribution in [2.45, 2.75) is 45.3 Å². The Hall–Kier alpha value is -2.23. The zero-order valence-electron chi connectivity index (χ0n) is 15.3. The molecule has 3 heterocycles. The topological polar surface area (TPSA) is 71.2 Å². The summed E-state index contributed by atoms with van der Waals surface area (Å²) in [5.74, 6) is 1.09. The lowest BCUT2D eigenvalue weighted by Crippen LogP contribution is -2.46. The molecule has 10 heteroatoms. The first-order chi connectivity index (χ1) is 12.8. The van der Waals surface area contributed by atoms with E-state index in [1.807, 2.05) is 18.7 Å². The van der Waals surface area contributed by atoms with Crippen molar-refractivity contribution in [3.63, 3.8) is 0 Å². The Morgan fingerprint density at radius 3 is 2.33 bits per heavy atom. The van der Waals surface area contributed by atoms with Gasteiger partial charge in [-0.05, 0) is 26.7 Å². The van der Waals surface area contributed by atoms with Gasteiger partial charge < -0.3 is 9.32 Å². The third kappa shape index (κ3) is 3.90. The van der Waals surface area contributed by atoms with Crippen molar-refractivity contribution in [3.8, 4) is 0 Å². The number of rotatable bonds is 4. The minimum absolute atomic E-state index is 0.0131. The molecule has 0 amide bonds. The van der Waals surface area contributed by atoms with Crippen molar-refractivity contribution in [3.05, 3.63) is 28.9 Å². The summed E-state index contributed by atoms with van der Waals surface area (Å²) in [4.78, 5) is 13.6. The minimum Gasteiger partial charge on any atom is -0.416 e. The van der Waals surface area contributed by atoms with E-state index < -0.39 is 12.1 Å². The van der Waals surface area contributed by atoms with Gasteiger partial charge in [0.25, 0.3) is 0 Å². The van der Waals surface area contributed by atoms with Gasteiger partial charge in [0, 0.05) is 43.4 Å². The lowest BCUT2D eigenvalue weighted by Gasteiger charge is -2.35. The van der Waals surface area contributed by atoms with Crippen molar-refractivity contribution in [2.24, 2.45) is 0 Å². The first kappa shape index (κ1) is 18.1. The number of halogens is 3. The van der Waals surface area contributed by atoms with E-state index in [2.05, 4.69) is 20.1 Å². The number of hydrogen-bond acceptors (Lipinski definition) is 7. The molecule has 0 N–H and O–H groups in total. The van der Waals surface area contributed by atoms with Crippen LogP contribution in [0.2, 0.25) is 0 Å². The lowest BCUT2D eigenvalue weighted by molar-refractivity contribution is -0.157. The van der Waals surface area contributed by atoms with Gasteiger partial charge in [0.2, 0.25) is 5.89 Å². The number of aromatic nitrogens is 4. The van der Waals surface area contributed by atoms with Crippen LogP contribution in [0.15, 0.2) is 4.42 Å². The summed E-state index contributed by atoms with van der Waals surface area (Å²) in [6, 6.07) is 0. The Labute approximate surface area is 154 Å². The van der Waals surface area contributed by atoms with Gasteiger partial charge in [-0.1, -0.05) is 0 Å². The SMILES string of the molecule is Cc1nc(C2CC2)nc(N2CCN(Cc3nnc(C(F)(F)F)o3)CC2)c1C. The van der Waals surface area contributed by atoms with Gasteiger partial charge in [0.1, 0.15) is 11.6 Å². The maximum atomic E-state index is 12.6. The van der Waals surface area contributed by atoms with Crippen LogP contribution in [-0.2, 0) is 12.7 Å². The number of anilines is 1. The molecule has 7 nitrogen and oxygen atoms in total. The molecule has 0 aromatic carbocycles. The van der Waals surface area contributed by atoms with Crippen LogP contribution in [0.25, 0.3) is 0 Å². The monoisotopic (exact) mass is 382 g/mol. The fourth-order valence-corrected chi connectivity index (χ4v) is 3.21. The van der Waals surface area contributed by atoms with Crippen LogP contribution in [-0.4, -0.2) is 51.2 Å². The second-order valence-electron chi connectivity index (χ2n) is 7.15. The summed E-state index contributed by atoms with van der Waals surface area (Å²) < 4.78 is 42.4. The van der Waals surface area contributed by atoms with Crippen molar-refractivity contribution < 1.29 is 17.6 Å². The molecule has 2 fully saturated rings. The molecule has 1 aliphatic heterocycles. The number of hydrogen-bond donors (Lipinski definition) is 0. The molecule has 0 unspecified atom stereocenters. The molecule has 0 spiro atoms. The van der Waals surface area contributed by atoms with E-state index in [0.717, 1.165) is 48.8 Å². The summed E-state index contributed by atoms with van der Waals surface area (Å²) in [6.07, 6.45) is -2.30. The molecule has 0 bridgehead atoms. The molecule has 2 aliphatic rings. The highest BCUT2D eigenvalue weighted by Crippen LogP contribution is 2.39. The van der Waals surface area contributed by atoms with Gasteiger partial charge in [-0.25, -0.2) is 9.97 Å². The van der Waals surface area contributed by atoms with E-state index in [1.54, 1.807) is 0 Å². The number of piperazine rings is 1. The van der Waals surface area contributed by atoms with Crippen LogP contribution in [0.5, 0.6) is 0 Å². The normalized spacial score (nSPS) is 18.9. The zero-order valence-corrected chi connectivity index (χ0v) is 15.3. The zero-order chi connectivity index (χ0) is 19.2. The van der Waals surface area contributed by atoms with Crippen molar-refractivity contribution in [1.29, 1.82) is 0 Å². The average Bonchev–Trinajstić information content (AvgIpc) is 3.36. The minimum atomic E-state index is -4.61. The van der Waals surface area contributed by atoms with Crippen LogP contribution < -0.4 is 4.90 Å². The Balaban J connectivity index is 1.40. The smallest absolute Gasteiger partial charge is 0.416 e. The fourth-order valence-electron chi connectivity index (χ4n) is 3.21. The highest BCUT2D eigenvalue weighted by molar-refractivity contribution is 5.49. The van der Waals surface area contributed by atoms with Gasteiger partial charge in [0.15, 0.2) is 0 Å². The first-order valence-corrected chi connectivity index (χ1v) is 9.03. The first-order valence-electron chi connectivity index (χ1n) is 9.03. The Morgan fingerprint density at radius 2 is 1.74 bits per heavy atom. The van der Waals surface area contributed by atoms with Gasteiger partial charge in [-0.3, -0.25) is 4.90 Å². The molecular weight excluding hydrogens is 361 g/mol. The Morgan fingerprint density at radius 1 is 1.04 bits per heavy atom. The van der Waals surface area contributed by atoms with E-state index in [0.29, 0.717) is 19.0 Å². The van der Waals surface area contributed by atoms with Crippen LogP contribution in [0, 0.1) is 13.8 Å². The maximum absolute atomic E-state index is 12.6. The summed E-state index contributed by atoms with van der Waals surface area (Å²) in [6.45, 7) is 7.10. The van der Waals surface area contributed by atoms with E-state index in [4.69, 9.17) is 9.40 Å². The van der Waals surface area contributed by atoms with Crippen molar-refractivity contribution >= 4 is 5.82 Å². The molecule has 4 rings (SSSR count). The van der Waals surface area contributed by atoms with Gasteiger partial charge >= 0.3 is 12.1 Å². The summed E-state index contributed by atoms with van der Waals surface area (Å²) in [5, 5.41) is 6.58. The molecule has 1 saturated heterocycles. The molecule has 0 radical (unpaired) electrons. The molecule has 146 valence electrons. The van der Waals surface area contributed by atoms with Crippen molar-refractivity contribution in [2.75, 3.05) is 31.1 Å². The van der Waals surface area contributed by atoms with E-state index >= 15 is 0 Å². The van der Waals surface area contributed by atoms with Crippen molar-refractivity contribution in [1.82, 2.24) is 25.1 Å². The lowest BCUT2D eigenvalue weighted by atomic mass is 10.2. The fraction of sp³-hybridized carbons (Fsp3) is 0.647. The maximum Gasteiger partial charge on any atom is 0.470 e. The van der Waals surface area contributed by atoms with Crippen LogP contribution in [0.4, 0.5) is 19.0 Å². The molecular formula is C17H21F3N6O. The highest BCUT2D eigenvalue weighted by atomic mass is 19.4. The quantitative estimate of drug-likeness (QED) is 0.805. The molecule has 2 aromatic rings. The number of nitrogens with zero attached hydrogens (tertiary/aromatic N) is 6. The molecule has 1 saturated carbocycles. The van der Waals surface area contributed by atoms with E-state index in [1.165, 1.54) is 0 Å². The summed E-state index contributed by atoms with van der Waals surface area (Å²) in [7, 11) is 0. The number of alkyl halides is 3. The molecule has 0 atom stereocenters. The van der Waals surface area contributed by atoms with Crippen LogP contribution >= 0.6 is 0 Å². The predicted octanol–water partition coefficient (Wildman–Crippen LogP) is 2.69. The second-order valence-corrected chi connectivity index (χ2v) is 7.15. The standard InChI is InChI=1S/C17H21F3N6O/c1-10-11(2)21-14(12-3-4-12)22-15(10)26-7-5-25(6-8-26)9-13-23-24-16(27-13)17(18,19)20/h12H,3-9H2,1-2H3. The summed E-state index contributed by atoms with van der Waals surface area (Å²) in [5.41, 5.74) is 2.09. The summed E-state index contributed by atoms with van der Waals surface area (Å²) >= 11 is 0. The molecule has 1 aliphatic carbocycles. The third-order valence-electron chi connectivity index (χ3n) is 5.06. The molecule has 27 heavy (non-hydrogen) atoms. The second kappa shape index (κ2) is 6.74.